The average molecular weight is 432 g/mol. The second kappa shape index (κ2) is 6.46. The van der Waals surface area contributed by atoms with Crippen LogP contribution < -0.4 is 10.5 Å². The van der Waals surface area contributed by atoms with Crippen molar-refractivity contribution in [2.45, 2.75) is 0 Å². The Hall–Kier alpha value is -1.92. The molecular formula is C14H11ClIN3O3. The molecule has 0 saturated carbocycles. The van der Waals surface area contributed by atoms with Crippen molar-refractivity contribution in [3.05, 3.63) is 38.2 Å². The highest BCUT2D eigenvalue weighted by molar-refractivity contribution is 14.1. The van der Waals surface area contributed by atoms with Crippen molar-refractivity contribution in [1.29, 1.82) is 5.26 Å². The van der Waals surface area contributed by atoms with Crippen molar-refractivity contribution in [2.75, 3.05) is 20.0 Å². The number of carbonyl (C=O) groups excluding carboxylic acids is 1. The van der Waals surface area contributed by atoms with Gasteiger partial charge >= 0.3 is 5.97 Å². The van der Waals surface area contributed by atoms with Gasteiger partial charge < -0.3 is 19.8 Å². The van der Waals surface area contributed by atoms with Gasteiger partial charge in [-0.15, -0.1) is 0 Å². The molecule has 22 heavy (non-hydrogen) atoms. The third-order valence-corrected chi connectivity index (χ3v) is 4.18. The number of rotatable bonds is 3. The Labute approximate surface area is 145 Å². The smallest absolute Gasteiger partial charge is 0.357 e. The van der Waals surface area contributed by atoms with Crippen LogP contribution >= 0.6 is 34.2 Å². The summed E-state index contributed by atoms with van der Waals surface area (Å²) >= 11 is 8.15. The number of methoxy groups -OCH3 is 2. The van der Waals surface area contributed by atoms with Crippen LogP contribution in [0.25, 0.3) is 5.69 Å². The molecule has 0 aliphatic carbocycles. The van der Waals surface area contributed by atoms with E-state index in [-0.39, 0.29) is 16.9 Å². The Bertz CT molecular complexity index is 796. The third-order valence-electron chi connectivity index (χ3n) is 3.02. The first-order chi connectivity index (χ1) is 10.4. The van der Waals surface area contributed by atoms with E-state index in [4.69, 9.17) is 32.1 Å². The number of hydrogen-bond acceptors (Lipinski definition) is 5. The molecule has 2 rings (SSSR count). The van der Waals surface area contributed by atoms with Gasteiger partial charge in [-0.1, -0.05) is 11.6 Å². The molecule has 0 bridgehead atoms. The van der Waals surface area contributed by atoms with E-state index in [0.29, 0.717) is 16.5 Å². The molecule has 114 valence electrons. The van der Waals surface area contributed by atoms with E-state index < -0.39 is 5.97 Å². The standard InChI is InChI=1S/C14H11ClIN3O3/c1-21-11-4-10(9(16)3-8(11)15)19-6-7(5-17)12(18)13(19)14(20)22-2/h3-4,6H,18H2,1-2H3. The highest BCUT2D eigenvalue weighted by atomic mass is 127. The molecule has 2 aromatic rings. The number of nitrogen functional groups attached to an aromatic ring is 1. The topological polar surface area (TPSA) is 90.3 Å². The molecule has 6 nitrogen and oxygen atoms in total. The van der Waals surface area contributed by atoms with Crippen LogP contribution in [0.2, 0.25) is 5.02 Å². The third kappa shape index (κ3) is 2.71. The molecule has 8 heteroatoms. The van der Waals surface area contributed by atoms with E-state index in [1.807, 2.05) is 6.07 Å². The number of benzene rings is 1. The van der Waals surface area contributed by atoms with Crippen LogP contribution in [-0.4, -0.2) is 24.8 Å². The molecule has 0 aliphatic rings. The molecule has 1 heterocycles. The van der Waals surface area contributed by atoms with Crippen LogP contribution in [0.1, 0.15) is 16.1 Å². The summed E-state index contributed by atoms with van der Waals surface area (Å²) in [6, 6.07) is 5.31. The molecule has 0 amide bonds. The number of aromatic nitrogens is 1. The highest BCUT2D eigenvalue weighted by Crippen LogP contribution is 2.33. The normalized spacial score (nSPS) is 10.1. The Morgan fingerprint density at radius 2 is 2.14 bits per heavy atom. The number of carbonyl (C=O) groups is 1. The lowest BCUT2D eigenvalue weighted by Gasteiger charge is -2.13. The van der Waals surface area contributed by atoms with Crippen molar-refractivity contribution in [1.82, 2.24) is 4.57 Å². The van der Waals surface area contributed by atoms with E-state index in [9.17, 15) is 4.79 Å². The number of anilines is 1. The summed E-state index contributed by atoms with van der Waals surface area (Å²) in [5.74, 6) is -0.192. The first kappa shape index (κ1) is 16.5. The van der Waals surface area contributed by atoms with Crippen molar-refractivity contribution in [2.24, 2.45) is 0 Å². The van der Waals surface area contributed by atoms with Crippen LogP contribution in [-0.2, 0) is 4.74 Å². The zero-order chi connectivity index (χ0) is 16.4. The molecule has 0 atom stereocenters. The van der Waals surface area contributed by atoms with Gasteiger partial charge in [0.25, 0.3) is 0 Å². The molecule has 0 unspecified atom stereocenters. The van der Waals surface area contributed by atoms with E-state index in [2.05, 4.69) is 22.6 Å². The largest absolute Gasteiger partial charge is 0.495 e. The summed E-state index contributed by atoms with van der Waals surface area (Å²) in [6.45, 7) is 0. The molecule has 0 saturated heterocycles. The molecule has 2 N–H and O–H groups in total. The maximum atomic E-state index is 12.0. The van der Waals surface area contributed by atoms with Gasteiger partial charge in [0.1, 0.15) is 11.8 Å². The van der Waals surface area contributed by atoms with Crippen LogP contribution in [0.5, 0.6) is 5.75 Å². The van der Waals surface area contributed by atoms with E-state index in [1.54, 1.807) is 12.1 Å². The molecule has 1 aromatic heterocycles. The summed E-state index contributed by atoms with van der Waals surface area (Å²) < 4.78 is 12.2. The predicted octanol–water partition coefficient (Wildman–Crippen LogP) is 2.98. The fourth-order valence-corrected chi connectivity index (χ4v) is 3.12. The Morgan fingerprint density at radius 3 is 2.68 bits per heavy atom. The lowest BCUT2D eigenvalue weighted by molar-refractivity contribution is 0.0593. The minimum Gasteiger partial charge on any atom is -0.495 e. The number of nitriles is 1. The molecule has 0 aliphatic heterocycles. The Balaban J connectivity index is 2.78. The minimum atomic E-state index is -0.635. The minimum absolute atomic E-state index is 0.0686. The number of esters is 1. The molecule has 0 radical (unpaired) electrons. The highest BCUT2D eigenvalue weighted by Gasteiger charge is 2.23. The van der Waals surface area contributed by atoms with Gasteiger partial charge in [-0.2, -0.15) is 5.26 Å². The van der Waals surface area contributed by atoms with Crippen LogP contribution in [0.3, 0.4) is 0 Å². The van der Waals surface area contributed by atoms with Gasteiger partial charge in [0.05, 0.1) is 36.2 Å². The molecule has 0 spiro atoms. The van der Waals surface area contributed by atoms with Gasteiger partial charge in [0.2, 0.25) is 0 Å². The number of nitrogens with two attached hydrogens (primary N) is 1. The quantitative estimate of drug-likeness (QED) is 0.596. The van der Waals surface area contributed by atoms with Gasteiger partial charge in [0, 0.05) is 15.8 Å². The van der Waals surface area contributed by atoms with Crippen molar-refractivity contribution in [3.63, 3.8) is 0 Å². The SMILES string of the molecule is COC(=O)c1c(N)c(C#N)cn1-c1cc(OC)c(Cl)cc1I. The summed E-state index contributed by atoms with van der Waals surface area (Å²) in [5.41, 5.74) is 6.82. The van der Waals surface area contributed by atoms with Crippen molar-refractivity contribution in [3.8, 4) is 17.5 Å². The van der Waals surface area contributed by atoms with Crippen molar-refractivity contribution >= 4 is 45.8 Å². The van der Waals surface area contributed by atoms with Crippen LogP contribution in [0.4, 0.5) is 5.69 Å². The fourth-order valence-electron chi connectivity index (χ4n) is 1.96. The average Bonchev–Trinajstić information content (AvgIpc) is 2.83. The van der Waals surface area contributed by atoms with Gasteiger partial charge in [-0.25, -0.2) is 4.79 Å². The lowest BCUT2D eigenvalue weighted by Crippen LogP contribution is -2.12. The molecule has 1 aromatic carbocycles. The summed E-state index contributed by atoms with van der Waals surface area (Å²) in [6.07, 6.45) is 1.48. The maximum absolute atomic E-state index is 12.0. The van der Waals surface area contributed by atoms with Crippen molar-refractivity contribution < 1.29 is 14.3 Å². The zero-order valence-electron chi connectivity index (χ0n) is 11.7. The van der Waals surface area contributed by atoms with E-state index in [0.717, 1.165) is 3.57 Å². The number of nitrogens with zero attached hydrogens (tertiary/aromatic N) is 2. The van der Waals surface area contributed by atoms with E-state index >= 15 is 0 Å². The number of ether oxygens (including phenoxy) is 2. The molecule has 0 fully saturated rings. The maximum Gasteiger partial charge on any atom is 0.357 e. The Morgan fingerprint density at radius 1 is 1.45 bits per heavy atom. The first-order valence-electron chi connectivity index (χ1n) is 5.97. The Kier molecular flexibility index (Phi) is 4.83. The monoisotopic (exact) mass is 431 g/mol. The summed E-state index contributed by atoms with van der Waals surface area (Å²) in [4.78, 5) is 12.0. The summed E-state index contributed by atoms with van der Waals surface area (Å²) in [5, 5.41) is 9.57. The number of halogens is 2. The first-order valence-corrected chi connectivity index (χ1v) is 7.42. The van der Waals surface area contributed by atoms with Crippen LogP contribution in [0.15, 0.2) is 18.3 Å². The number of hydrogen-bond donors (Lipinski definition) is 1. The predicted molar refractivity (Wildman–Crippen MR) is 90.5 cm³/mol. The van der Waals surface area contributed by atoms with Gasteiger partial charge in [-0.3, -0.25) is 0 Å². The zero-order valence-corrected chi connectivity index (χ0v) is 14.6. The second-order valence-corrected chi connectivity index (χ2v) is 5.79. The van der Waals surface area contributed by atoms with E-state index in [1.165, 1.54) is 25.0 Å². The van der Waals surface area contributed by atoms with Gasteiger partial charge in [-0.05, 0) is 28.7 Å². The summed E-state index contributed by atoms with van der Waals surface area (Å²) in [7, 11) is 2.74. The fraction of sp³-hybridized carbons (Fsp3) is 0.143. The van der Waals surface area contributed by atoms with Gasteiger partial charge in [0.15, 0.2) is 5.69 Å². The van der Waals surface area contributed by atoms with Crippen LogP contribution in [0, 0.1) is 14.9 Å². The molecular weight excluding hydrogens is 421 g/mol. The second-order valence-electron chi connectivity index (χ2n) is 4.22. The lowest BCUT2D eigenvalue weighted by atomic mass is 10.2.